The molecule has 0 aliphatic carbocycles. The Kier molecular flexibility index (Phi) is 5.04. The van der Waals surface area contributed by atoms with E-state index in [-0.39, 0.29) is 12.1 Å². The van der Waals surface area contributed by atoms with Crippen molar-refractivity contribution in [3.05, 3.63) is 65.2 Å². The third kappa shape index (κ3) is 3.70. The van der Waals surface area contributed by atoms with Gasteiger partial charge in [-0.15, -0.1) is 0 Å². The Labute approximate surface area is 146 Å². The van der Waals surface area contributed by atoms with E-state index in [9.17, 15) is 4.79 Å². The lowest BCUT2D eigenvalue weighted by molar-refractivity contribution is -0.272. The molecule has 2 aromatic carbocycles. The molecule has 0 bridgehead atoms. The van der Waals surface area contributed by atoms with Gasteiger partial charge in [0.15, 0.2) is 6.23 Å². The molecular formula is C18H20ClN3O2. The average molecular weight is 346 g/mol. The van der Waals surface area contributed by atoms with Crippen LogP contribution in [0.5, 0.6) is 0 Å². The summed E-state index contributed by atoms with van der Waals surface area (Å²) in [6.07, 6.45) is -0.459. The van der Waals surface area contributed by atoms with Crippen LogP contribution in [0.4, 0.5) is 10.5 Å². The zero-order valence-corrected chi connectivity index (χ0v) is 14.4. The van der Waals surface area contributed by atoms with Crippen LogP contribution in [0.25, 0.3) is 0 Å². The molecule has 1 saturated heterocycles. The van der Waals surface area contributed by atoms with Crippen molar-refractivity contribution in [2.75, 3.05) is 18.9 Å². The highest BCUT2D eigenvalue weighted by atomic mass is 35.5. The van der Waals surface area contributed by atoms with Crippen LogP contribution in [0.2, 0.25) is 5.02 Å². The highest BCUT2D eigenvalue weighted by molar-refractivity contribution is 6.30. The zero-order valence-electron chi connectivity index (χ0n) is 13.6. The van der Waals surface area contributed by atoms with Gasteiger partial charge in [0.2, 0.25) is 0 Å². The van der Waals surface area contributed by atoms with Crippen LogP contribution in [0.1, 0.15) is 18.7 Å². The first kappa shape index (κ1) is 16.8. The molecule has 0 aromatic heterocycles. The summed E-state index contributed by atoms with van der Waals surface area (Å²) in [4.78, 5) is 20.4. The molecule has 1 fully saturated rings. The van der Waals surface area contributed by atoms with Gasteiger partial charge in [-0.3, -0.25) is 9.74 Å². The van der Waals surface area contributed by atoms with Gasteiger partial charge in [0.25, 0.3) is 0 Å². The standard InChI is InChI=1S/C18H20ClN3O2/c1-13-12-22(18(23)20-16-10-8-15(19)9-11-16)17(24-21(13)2)14-6-4-3-5-7-14/h3-11,13,17H,12H2,1-2H3,(H,20,23). The molecule has 3 rings (SSSR count). The molecule has 1 aliphatic heterocycles. The molecule has 1 heterocycles. The van der Waals surface area contributed by atoms with E-state index in [1.165, 1.54) is 0 Å². The average Bonchev–Trinajstić information content (AvgIpc) is 2.59. The number of nitrogens with zero attached hydrogens (tertiary/aromatic N) is 2. The minimum atomic E-state index is -0.459. The number of amides is 2. The van der Waals surface area contributed by atoms with Crippen LogP contribution >= 0.6 is 11.6 Å². The second-order valence-corrected chi connectivity index (χ2v) is 6.29. The minimum absolute atomic E-state index is 0.0981. The summed E-state index contributed by atoms with van der Waals surface area (Å²) < 4.78 is 0. The zero-order chi connectivity index (χ0) is 17.1. The van der Waals surface area contributed by atoms with Crippen LogP contribution in [-0.4, -0.2) is 35.6 Å². The summed E-state index contributed by atoms with van der Waals surface area (Å²) in [5.41, 5.74) is 1.63. The number of likely N-dealkylation sites (N-methyl/N-ethyl adjacent to an activating group) is 1. The lowest BCUT2D eigenvalue weighted by Crippen LogP contribution is -2.53. The minimum Gasteiger partial charge on any atom is -0.308 e. The van der Waals surface area contributed by atoms with E-state index in [2.05, 4.69) is 5.32 Å². The number of hydrogen-bond donors (Lipinski definition) is 1. The van der Waals surface area contributed by atoms with Crippen LogP contribution in [0.3, 0.4) is 0 Å². The number of hydrogen-bond acceptors (Lipinski definition) is 3. The lowest BCUT2D eigenvalue weighted by Gasteiger charge is -2.42. The van der Waals surface area contributed by atoms with E-state index in [4.69, 9.17) is 16.4 Å². The van der Waals surface area contributed by atoms with Crippen molar-refractivity contribution in [2.24, 2.45) is 0 Å². The van der Waals surface area contributed by atoms with Gasteiger partial charge in [0, 0.05) is 29.9 Å². The third-order valence-electron chi connectivity index (χ3n) is 4.07. The number of anilines is 1. The molecule has 0 spiro atoms. The maximum Gasteiger partial charge on any atom is 0.324 e. The van der Waals surface area contributed by atoms with Crippen molar-refractivity contribution in [3.63, 3.8) is 0 Å². The van der Waals surface area contributed by atoms with Gasteiger partial charge in [-0.05, 0) is 31.2 Å². The van der Waals surface area contributed by atoms with Crippen LogP contribution in [0.15, 0.2) is 54.6 Å². The van der Waals surface area contributed by atoms with Gasteiger partial charge in [0.05, 0.1) is 6.04 Å². The quantitative estimate of drug-likeness (QED) is 0.889. The number of halogens is 1. The van der Waals surface area contributed by atoms with Crippen molar-refractivity contribution >= 4 is 23.3 Å². The maximum atomic E-state index is 12.8. The number of carbonyl (C=O) groups is 1. The Morgan fingerprint density at radius 2 is 1.83 bits per heavy atom. The summed E-state index contributed by atoms with van der Waals surface area (Å²) in [6.45, 7) is 2.58. The van der Waals surface area contributed by atoms with Crippen molar-refractivity contribution < 1.29 is 9.63 Å². The molecule has 1 N–H and O–H groups in total. The number of rotatable bonds is 2. The molecule has 2 amide bonds. The smallest absolute Gasteiger partial charge is 0.308 e. The molecule has 1 aliphatic rings. The van der Waals surface area contributed by atoms with Gasteiger partial charge < -0.3 is 5.32 Å². The summed E-state index contributed by atoms with van der Waals surface area (Å²) in [7, 11) is 1.88. The van der Waals surface area contributed by atoms with E-state index in [0.717, 1.165) is 5.56 Å². The second-order valence-electron chi connectivity index (χ2n) is 5.85. The van der Waals surface area contributed by atoms with Crippen LogP contribution < -0.4 is 5.32 Å². The van der Waals surface area contributed by atoms with E-state index in [1.54, 1.807) is 34.2 Å². The SMILES string of the molecule is CC1CN(C(=O)Nc2ccc(Cl)cc2)C(c2ccccc2)ON1C. The fourth-order valence-electron chi connectivity index (χ4n) is 2.59. The molecule has 126 valence electrons. The Morgan fingerprint density at radius 1 is 1.17 bits per heavy atom. The Morgan fingerprint density at radius 3 is 2.50 bits per heavy atom. The molecule has 2 unspecified atom stereocenters. The predicted octanol–water partition coefficient (Wildman–Crippen LogP) is 4.14. The summed E-state index contributed by atoms with van der Waals surface area (Å²) in [5.74, 6) is 0. The number of hydroxylamine groups is 2. The summed E-state index contributed by atoms with van der Waals surface area (Å²) in [6, 6.07) is 16.7. The molecule has 2 atom stereocenters. The topological polar surface area (TPSA) is 44.8 Å². The second kappa shape index (κ2) is 7.21. The Balaban J connectivity index is 1.81. The van der Waals surface area contributed by atoms with Crippen molar-refractivity contribution in [2.45, 2.75) is 19.2 Å². The molecule has 0 radical (unpaired) electrons. The number of urea groups is 1. The van der Waals surface area contributed by atoms with E-state index < -0.39 is 6.23 Å². The van der Waals surface area contributed by atoms with Gasteiger partial charge in [-0.1, -0.05) is 41.9 Å². The van der Waals surface area contributed by atoms with Crippen molar-refractivity contribution in [3.8, 4) is 0 Å². The highest BCUT2D eigenvalue weighted by Gasteiger charge is 2.35. The number of carbonyl (C=O) groups excluding carboxylic acids is 1. The molecule has 0 saturated carbocycles. The van der Waals surface area contributed by atoms with Crippen LogP contribution in [0, 0.1) is 0 Å². The molecule has 2 aromatic rings. The Hall–Kier alpha value is -2.08. The molecule has 5 nitrogen and oxygen atoms in total. The normalized spacial score (nSPS) is 21.5. The number of benzene rings is 2. The number of nitrogens with one attached hydrogen (secondary N) is 1. The summed E-state index contributed by atoms with van der Waals surface area (Å²) >= 11 is 5.89. The molecular weight excluding hydrogens is 326 g/mol. The third-order valence-corrected chi connectivity index (χ3v) is 4.32. The Bertz CT molecular complexity index is 693. The summed E-state index contributed by atoms with van der Waals surface area (Å²) in [5, 5.41) is 5.33. The fraction of sp³-hybridized carbons (Fsp3) is 0.278. The van der Waals surface area contributed by atoms with Gasteiger partial charge in [-0.25, -0.2) is 4.79 Å². The maximum absolute atomic E-state index is 12.8. The predicted molar refractivity (Wildman–Crippen MR) is 94.7 cm³/mol. The molecule has 24 heavy (non-hydrogen) atoms. The van der Waals surface area contributed by atoms with Crippen molar-refractivity contribution in [1.29, 1.82) is 0 Å². The highest BCUT2D eigenvalue weighted by Crippen LogP contribution is 2.29. The van der Waals surface area contributed by atoms with Gasteiger partial charge >= 0.3 is 6.03 Å². The first-order chi connectivity index (χ1) is 11.5. The van der Waals surface area contributed by atoms with Gasteiger partial charge in [0.1, 0.15) is 0 Å². The van der Waals surface area contributed by atoms with Crippen LogP contribution in [-0.2, 0) is 4.84 Å². The largest absolute Gasteiger partial charge is 0.324 e. The van der Waals surface area contributed by atoms with E-state index in [0.29, 0.717) is 17.3 Å². The van der Waals surface area contributed by atoms with Gasteiger partial charge in [-0.2, -0.15) is 5.06 Å². The van der Waals surface area contributed by atoms with Crippen molar-refractivity contribution in [1.82, 2.24) is 9.96 Å². The first-order valence-corrected chi connectivity index (χ1v) is 8.20. The van der Waals surface area contributed by atoms with E-state index in [1.807, 2.05) is 44.3 Å². The lowest BCUT2D eigenvalue weighted by atomic mass is 10.1. The fourth-order valence-corrected chi connectivity index (χ4v) is 2.72. The molecule has 6 heteroatoms. The van der Waals surface area contributed by atoms with E-state index >= 15 is 0 Å². The first-order valence-electron chi connectivity index (χ1n) is 7.82. The monoisotopic (exact) mass is 345 g/mol.